The average molecular weight is 305 g/mol. The van der Waals surface area contributed by atoms with Crippen molar-refractivity contribution in [1.29, 1.82) is 5.26 Å². The van der Waals surface area contributed by atoms with Crippen LogP contribution in [0.2, 0.25) is 0 Å². The molecule has 0 unspecified atom stereocenters. The maximum absolute atomic E-state index is 9.70. The molecule has 0 saturated carbocycles. The Hall–Kier alpha value is -2.54. The molecule has 4 rings (SSSR count). The lowest BCUT2D eigenvalue weighted by Crippen LogP contribution is -2.38. The van der Waals surface area contributed by atoms with E-state index in [1.807, 2.05) is 6.07 Å². The fourth-order valence-electron chi connectivity index (χ4n) is 3.83. The maximum Gasteiger partial charge on any atom is 0.250 e. The van der Waals surface area contributed by atoms with E-state index in [1.54, 1.807) is 0 Å². The van der Waals surface area contributed by atoms with Gasteiger partial charge in [0.15, 0.2) is 0 Å². The standard InChI is InChI=1S/C19H20N4/c1-4-12(2)22-10-9-14-13(3)15(11-20)18-21-16-7-5-6-8-17(16)23(18)19(14)22/h5-8,12H,4,9-10H2,1-3H3/p+1/t12-/m0/s1. The van der Waals surface area contributed by atoms with Crippen molar-refractivity contribution in [3.63, 3.8) is 0 Å². The highest BCUT2D eigenvalue weighted by Gasteiger charge is 2.35. The number of rotatable bonds is 2. The molecule has 23 heavy (non-hydrogen) atoms. The van der Waals surface area contributed by atoms with E-state index < -0.39 is 0 Å². The predicted octanol–water partition coefficient (Wildman–Crippen LogP) is 3.25. The zero-order valence-electron chi connectivity index (χ0n) is 13.8. The van der Waals surface area contributed by atoms with Crippen molar-refractivity contribution in [2.75, 3.05) is 11.4 Å². The number of H-pyrrole nitrogens is 1. The number of hydrogen-bond acceptors (Lipinski definition) is 2. The average Bonchev–Trinajstić information content (AvgIpc) is 3.15. The number of hydrogen-bond donors (Lipinski definition) is 1. The van der Waals surface area contributed by atoms with Crippen molar-refractivity contribution < 1.29 is 4.40 Å². The lowest BCUT2D eigenvalue weighted by Gasteiger charge is -2.21. The van der Waals surface area contributed by atoms with Gasteiger partial charge in [-0.1, -0.05) is 19.1 Å². The predicted molar refractivity (Wildman–Crippen MR) is 91.7 cm³/mol. The molecular formula is C19H21N4+. The number of benzene rings is 1. The minimum Gasteiger partial charge on any atom is -0.289 e. The van der Waals surface area contributed by atoms with Gasteiger partial charge in [-0.15, -0.1) is 0 Å². The topological polar surface area (TPSA) is 46.9 Å². The number of aromatic amines is 1. The summed E-state index contributed by atoms with van der Waals surface area (Å²) in [6, 6.07) is 11.2. The van der Waals surface area contributed by atoms with Crippen LogP contribution < -0.4 is 9.30 Å². The maximum atomic E-state index is 9.70. The molecule has 4 nitrogen and oxygen atoms in total. The first kappa shape index (κ1) is 14.1. The van der Waals surface area contributed by atoms with Gasteiger partial charge in [-0.05, 0) is 38.0 Å². The number of nitriles is 1. The molecule has 0 radical (unpaired) electrons. The molecule has 0 amide bonds. The molecule has 0 saturated heterocycles. The van der Waals surface area contributed by atoms with Crippen LogP contribution in [0.5, 0.6) is 0 Å². The zero-order chi connectivity index (χ0) is 16.1. The molecule has 0 spiro atoms. The van der Waals surface area contributed by atoms with Gasteiger partial charge >= 0.3 is 0 Å². The SMILES string of the molecule is CC[C@H](C)N1CCc2c(C)c(C#N)c3[nH]c4ccccc4[n+]3c21. The minimum absolute atomic E-state index is 0.493. The van der Waals surface area contributed by atoms with Gasteiger partial charge < -0.3 is 0 Å². The second kappa shape index (κ2) is 4.99. The monoisotopic (exact) mass is 305 g/mol. The number of fused-ring (bicyclic) bond motifs is 5. The van der Waals surface area contributed by atoms with E-state index in [9.17, 15) is 5.26 Å². The third-order valence-electron chi connectivity index (χ3n) is 5.28. The Bertz CT molecular complexity index is 961. The molecule has 3 aromatic rings. The van der Waals surface area contributed by atoms with Crippen molar-refractivity contribution in [2.24, 2.45) is 0 Å². The van der Waals surface area contributed by atoms with Crippen LogP contribution in [-0.4, -0.2) is 17.6 Å². The van der Waals surface area contributed by atoms with Crippen LogP contribution in [0.4, 0.5) is 5.82 Å². The van der Waals surface area contributed by atoms with E-state index in [-0.39, 0.29) is 0 Å². The summed E-state index contributed by atoms with van der Waals surface area (Å²) < 4.78 is 2.26. The fourth-order valence-corrected chi connectivity index (χ4v) is 3.83. The molecule has 116 valence electrons. The highest BCUT2D eigenvalue weighted by Crippen LogP contribution is 2.33. The quantitative estimate of drug-likeness (QED) is 0.739. The van der Waals surface area contributed by atoms with Crippen molar-refractivity contribution in [2.45, 2.75) is 39.7 Å². The largest absolute Gasteiger partial charge is 0.289 e. The van der Waals surface area contributed by atoms with Gasteiger partial charge in [0, 0.05) is 12.0 Å². The molecule has 1 N–H and O–H groups in total. The second-order valence-electron chi connectivity index (χ2n) is 6.44. The van der Waals surface area contributed by atoms with Gasteiger partial charge in [-0.2, -0.15) is 9.66 Å². The van der Waals surface area contributed by atoms with Gasteiger partial charge in [0.1, 0.15) is 22.7 Å². The number of para-hydroxylation sites is 2. The van der Waals surface area contributed by atoms with Crippen molar-refractivity contribution in [3.05, 3.63) is 41.0 Å². The summed E-state index contributed by atoms with van der Waals surface area (Å²) in [4.78, 5) is 5.96. The first-order chi connectivity index (χ1) is 11.2. The molecule has 0 aliphatic carbocycles. The Kier molecular flexibility index (Phi) is 3.05. The Morgan fingerprint density at radius 2 is 2.17 bits per heavy atom. The Labute approximate surface area is 136 Å². The highest BCUT2D eigenvalue weighted by molar-refractivity contribution is 5.78. The van der Waals surface area contributed by atoms with E-state index in [0.717, 1.165) is 47.2 Å². The number of pyridine rings is 1. The number of imidazole rings is 1. The number of aromatic nitrogens is 2. The number of nitrogens with zero attached hydrogens (tertiary/aromatic N) is 3. The summed E-state index contributed by atoms with van der Waals surface area (Å²) in [6.45, 7) is 7.63. The van der Waals surface area contributed by atoms with Crippen LogP contribution in [0.3, 0.4) is 0 Å². The van der Waals surface area contributed by atoms with Gasteiger partial charge in [0.2, 0.25) is 11.5 Å². The summed E-state index contributed by atoms with van der Waals surface area (Å²) >= 11 is 0. The third kappa shape index (κ3) is 1.80. The first-order valence-corrected chi connectivity index (χ1v) is 8.32. The molecule has 1 aliphatic heterocycles. The van der Waals surface area contributed by atoms with Crippen LogP contribution in [0.1, 0.15) is 37.0 Å². The van der Waals surface area contributed by atoms with Crippen LogP contribution in [0.15, 0.2) is 24.3 Å². The van der Waals surface area contributed by atoms with E-state index in [2.05, 4.69) is 59.3 Å². The van der Waals surface area contributed by atoms with Gasteiger partial charge in [-0.25, -0.2) is 0 Å². The van der Waals surface area contributed by atoms with Crippen LogP contribution >= 0.6 is 0 Å². The molecule has 1 aliphatic rings. The highest BCUT2D eigenvalue weighted by atomic mass is 15.3. The van der Waals surface area contributed by atoms with Crippen molar-refractivity contribution in [3.8, 4) is 6.07 Å². The molecule has 0 fully saturated rings. The first-order valence-electron chi connectivity index (χ1n) is 8.32. The van der Waals surface area contributed by atoms with E-state index in [1.165, 1.54) is 11.4 Å². The van der Waals surface area contributed by atoms with E-state index >= 15 is 0 Å². The van der Waals surface area contributed by atoms with Crippen LogP contribution in [0, 0.1) is 18.3 Å². The van der Waals surface area contributed by atoms with Crippen LogP contribution in [0.25, 0.3) is 16.7 Å². The fraction of sp³-hybridized carbons (Fsp3) is 0.368. The molecule has 1 aromatic carbocycles. The normalized spacial score (nSPS) is 15.1. The van der Waals surface area contributed by atoms with Crippen LogP contribution in [-0.2, 0) is 6.42 Å². The summed E-state index contributed by atoms with van der Waals surface area (Å²) in [5, 5.41) is 9.70. The van der Waals surface area contributed by atoms with Gasteiger partial charge in [-0.3, -0.25) is 9.88 Å². The molecular weight excluding hydrogens is 284 g/mol. The zero-order valence-corrected chi connectivity index (χ0v) is 13.8. The molecule has 3 heterocycles. The Balaban J connectivity index is 2.19. The summed E-state index contributed by atoms with van der Waals surface area (Å²) in [5.41, 5.74) is 6.35. The smallest absolute Gasteiger partial charge is 0.250 e. The second-order valence-corrected chi connectivity index (χ2v) is 6.44. The number of nitrogens with one attached hydrogen (secondary N) is 1. The summed E-state index contributed by atoms with van der Waals surface area (Å²) in [7, 11) is 0. The molecule has 1 atom stereocenters. The molecule has 4 heteroatoms. The summed E-state index contributed by atoms with van der Waals surface area (Å²) in [5.74, 6) is 1.27. The van der Waals surface area contributed by atoms with E-state index in [4.69, 9.17) is 0 Å². The van der Waals surface area contributed by atoms with Gasteiger partial charge in [0.05, 0.1) is 12.6 Å². The Morgan fingerprint density at radius 3 is 2.91 bits per heavy atom. The van der Waals surface area contributed by atoms with E-state index in [0.29, 0.717) is 6.04 Å². The van der Waals surface area contributed by atoms with Crippen molar-refractivity contribution in [1.82, 2.24) is 4.98 Å². The van der Waals surface area contributed by atoms with Crippen molar-refractivity contribution >= 4 is 22.5 Å². The lowest BCUT2D eigenvalue weighted by molar-refractivity contribution is -0.467. The minimum atomic E-state index is 0.493. The van der Waals surface area contributed by atoms with Gasteiger partial charge in [0.25, 0.3) is 0 Å². The Morgan fingerprint density at radius 1 is 1.39 bits per heavy atom. The molecule has 0 bridgehead atoms. The lowest BCUT2D eigenvalue weighted by atomic mass is 10.0. The summed E-state index contributed by atoms with van der Waals surface area (Å²) in [6.07, 6.45) is 2.13. The number of anilines is 1. The third-order valence-corrected chi connectivity index (χ3v) is 5.28. The molecule has 2 aromatic heterocycles.